The topological polar surface area (TPSA) is 57.3 Å². The van der Waals surface area contributed by atoms with E-state index >= 15 is 0 Å². The third kappa shape index (κ3) is 3.65. The lowest BCUT2D eigenvalue weighted by atomic mass is 10.1. The summed E-state index contributed by atoms with van der Waals surface area (Å²) in [6.07, 6.45) is 3.78. The molecule has 7 heteroatoms. The summed E-state index contributed by atoms with van der Waals surface area (Å²) in [7, 11) is 1.74. The second kappa shape index (κ2) is 8.21. The zero-order valence-corrected chi connectivity index (χ0v) is 19.1. The molecule has 0 unspecified atom stereocenters. The SMILES string of the molecule is COc1cc2c(cc1CN1CCN(c3ccccn3)CC1)[nH]c1c3ccc(Cl)cc3ncc21. The fraction of sp³-hybridized carbons (Fsp3) is 0.231. The Labute approximate surface area is 196 Å². The van der Waals surface area contributed by atoms with Gasteiger partial charge in [-0.1, -0.05) is 17.7 Å². The number of piperazine rings is 1. The van der Waals surface area contributed by atoms with E-state index in [9.17, 15) is 0 Å². The number of aromatic nitrogens is 3. The largest absolute Gasteiger partial charge is 0.496 e. The highest BCUT2D eigenvalue weighted by Crippen LogP contribution is 2.35. The van der Waals surface area contributed by atoms with Crippen LogP contribution in [0.3, 0.4) is 0 Å². The van der Waals surface area contributed by atoms with E-state index < -0.39 is 0 Å². The van der Waals surface area contributed by atoms with Gasteiger partial charge in [-0.15, -0.1) is 0 Å². The van der Waals surface area contributed by atoms with Crippen LogP contribution in [0.5, 0.6) is 5.75 Å². The Bertz CT molecular complexity index is 1460. The van der Waals surface area contributed by atoms with E-state index in [0.29, 0.717) is 5.02 Å². The monoisotopic (exact) mass is 457 g/mol. The van der Waals surface area contributed by atoms with Gasteiger partial charge in [-0.25, -0.2) is 4.98 Å². The summed E-state index contributed by atoms with van der Waals surface area (Å²) in [5, 5.41) is 3.97. The maximum atomic E-state index is 6.17. The minimum Gasteiger partial charge on any atom is -0.496 e. The van der Waals surface area contributed by atoms with Crippen molar-refractivity contribution in [2.75, 3.05) is 38.2 Å². The molecule has 0 radical (unpaired) electrons. The second-order valence-electron chi connectivity index (χ2n) is 8.49. The maximum Gasteiger partial charge on any atom is 0.128 e. The molecule has 33 heavy (non-hydrogen) atoms. The van der Waals surface area contributed by atoms with E-state index in [1.807, 2.05) is 42.7 Å². The average molecular weight is 458 g/mol. The summed E-state index contributed by atoms with van der Waals surface area (Å²) in [4.78, 5) is 17.6. The van der Waals surface area contributed by atoms with Crippen LogP contribution in [0.15, 0.2) is 60.9 Å². The Morgan fingerprint density at radius 3 is 2.64 bits per heavy atom. The molecule has 3 aromatic heterocycles. The van der Waals surface area contributed by atoms with Gasteiger partial charge in [0.2, 0.25) is 0 Å². The summed E-state index contributed by atoms with van der Waals surface area (Å²) in [5.41, 5.74) is 4.25. The molecule has 2 aromatic carbocycles. The van der Waals surface area contributed by atoms with Crippen molar-refractivity contribution in [3.05, 3.63) is 71.5 Å². The first-order valence-corrected chi connectivity index (χ1v) is 11.5. The van der Waals surface area contributed by atoms with Gasteiger partial charge < -0.3 is 14.6 Å². The molecular weight excluding hydrogens is 434 g/mol. The molecule has 1 fully saturated rings. The molecule has 1 N–H and O–H groups in total. The molecule has 5 aromatic rings. The van der Waals surface area contributed by atoms with Crippen LogP contribution in [0.25, 0.3) is 32.7 Å². The number of halogens is 1. The van der Waals surface area contributed by atoms with Crippen LogP contribution in [0.2, 0.25) is 5.02 Å². The first kappa shape index (κ1) is 20.3. The predicted octanol–water partition coefficient (Wildman–Crippen LogP) is 5.25. The van der Waals surface area contributed by atoms with Crippen LogP contribution in [0.1, 0.15) is 5.56 Å². The van der Waals surface area contributed by atoms with Gasteiger partial charge in [0.15, 0.2) is 0 Å². The number of hydrogen-bond donors (Lipinski definition) is 1. The van der Waals surface area contributed by atoms with E-state index in [2.05, 4.69) is 43.0 Å². The van der Waals surface area contributed by atoms with E-state index in [0.717, 1.165) is 77.0 Å². The molecule has 1 aliphatic rings. The summed E-state index contributed by atoms with van der Waals surface area (Å²) in [6, 6.07) is 16.3. The molecule has 0 amide bonds. The van der Waals surface area contributed by atoms with Gasteiger partial charge in [0.25, 0.3) is 0 Å². The zero-order chi connectivity index (χ0) is 22.4. The maximum absolute atomic E-state index is 6.17. The lowest BCUT2D eigenvalue weighted by Gasteiger charge is -2.35. The number of hydrogen-bond acceptors (Lipinski definition) is 5. The molecule has 0 aliphatic carbocycles. The van der Waals surface area contributed by atoms with Crippen molar-refractivity contribution < 1.29 is 4.74 Å². The zero-order valence-electron chi connectivity index (χ0n) is 18.4. The van der Waals surface area contributed by atoms with Gasteiger partial charge in [0.05, 0.1) is 18.1 Å². The number of nitrogens with zero attached hydrogens (tertiary/aromatic N) is 4. The van der Waals surface area contributed by atoms with Crippen LogP contribution in [0.4, 0.5) is 5.82 Å². The van der Waals surface area contributed by atoms with E-state index in [1.165, 1.54) is 5.56 Å². The van der Waals surface area contributed by atoms with Gasteiger partial charge in [0, 0.05) is 77.4 Å². The molecular formula is C26H24ClN5O. The fourth-order valence-electron chi connectivity index (χ4n) is 4.82. The highest BCUT2D eigenvalue weighted by atomic mass is 35.5. The van der Waals surface area contributed by atoms with Crippen molar-refractivity contribution in [1.29, 1.82) is 0 Å². The quantitative estimate of drug-likeness (QED) is 0.399. The van der Waals surface area contributed by atoms with Crippen LogP contribution in [0, 0.1) is 0 Å². The number of benzene rings is 2. The standard InChI is InChI=1S/C26H24ClN5O/c1-33-24-14-20-21-15-29-22-13-18(27)5-6-19(22)26(21)30-23(20)12-17(24)16-31-8-10-32(11-9-31)25-4-2-3-7-28-25/h2-7,12-15,30H,8-11,16H2,1H3. The molecule has 4 heterocycles. The van der Waals surface area contributed by atoms with Crippen LogP contribution >= 0.6 is 11.6 Å². The predicted molar refractivity (Wildman–Crippen MR) is 134 cm³/mol. The Morgan fingerprint density at radius 2 is 1.85 bits per heavy atom. The van der Waals surface area contributed by atoms with Crippen molar-refractivity contribution >= 4 is 50.1 Å². The lowest BCUT2D eigenvalue weighted by molar-refractivity contribution is 0.245. The smallest absolute Gasteiger partial charge is 0.128 e. The highest BCUT2D eigenvalue weighted by Gasteiger charge is 2.20. The van der Waals surface area contributed by atoms with Gasteiger partial charge in [0.1, 0.15) is 11.6 Å². The number of methoxy groups -OCH3 is 1. The minimum atomic E-state index is 0.692. The molecule has 1 saturated heterocycles. The summed E-state index contributed by atoms with van der Waals surface area (Å²) < 4.78 is 5.81. The third-order valence-electron chi connectivity index (χ3n) is 6.54. The van der Waals surface area contributed by atoms with Crippen LogP contribution in [-0.4, -0.2) is 53.1 Å². The molecule has 6 nitrogen and oxygen atoms in total. The number of pyridine rings is 2. The molecule has 166 valence electrons. The normalized spacial score (nSPS) is 15.0. The van der Waals surface area contributed by atoms with Crippen molar-refractivity contribution in [3.8, 4) is 5.75 Å². The molecule has 6 rings (SSSR count). The van der Waals surface area contributed by atoms with Crippen molar-refractivity contribution in [1.82, 2.24) is 19.9 Å². The highest BCUT2D eigenvalue weighted by molar-refractivity contribution is 6.31. The Morgan fingerprint density at radius 1 is 0.970 bits per heavy atom. The van der Waals surface area contributed by atoms with Crippen molar-refractivity contribution in [2.24, 2.45) is 0 Å². The van der Waals surface area contributed by atoms with Gasteiger partial charge in [-0.2, -0.15) is 0 Å². The van der Waals surface area contributed by atoms with Gasteiger partial charge >= 0.3 is 0 Å². The van der Waals surface area contributed by atoms with E-state index in [4.69, 9.17) is 16.3 Å². The minimum absolute atomic E-state index is 0.692. The Balaban J connectivity index is 1.31. The molecule has 1 aliphatic heterocycles. The number of rotatable bonds is 4. The number of nitrogens with one attached hydrogen (secondary N) is 1. The van der Waals surface area contributed by atoms with E-state index in [1.54, 1.807) is 7.11 Å². The molecule has 0 saturated carbocycles. The van der Waals surface area contributed by atoms with Gasteiger partial charge in [-0.05, 0) is 42.5 Å². The molecule has 0 atom stereocenters. The number of H-pyrrole nitrogens is 1. The molecule has 0 spiro atoms. The Kier molecular flexibility index (Phi) is 5.04. The third-order valence-corrected chi connectivity index (χ3v) is 6.78. The summed E-state index contributed by atoms with van der Waals surface area (Å²) >= 11 is 6.17. The summed E-state index contributed by atoms with van der Waals surface area (Å²) in [5.74, 6) is 1.96. The van der Waals surface area contributed by atoms with Crippen LogP contribution < -0.4 is 9.64 Å². The molecule has 0 bridgehead atoms. The fourth-order valence-corrected chi connectivity index (χ4v) is 4.99. The lowest BCUT2D eigenvalue weighted by Crippen LogP contribution is -2.46. The van der Waals surface area contributed by atoms with E-state index in [-0.39, 0.29) is 0 Å². The van der Waals surface area contributed by atoms with Crippen LogP contribution in [-0.2, 0) is 6.54 Å². The number of anilines is 1. The number of ether oxygens (including phenoxy) is 1. The Hall–Kier alpha value is -3.35. The summed E-state index contributed by atoms with van der Waals surface area (Å²) in [6.45, 7) is 4.75. The number of aromatic amines is 1. The van der Waals surface area contributed by atoms with Crippen molar-refractivity contribution in [2.45, 2.75) is 6.54 Å². The van der Waals surface area contributed by atoms with Crippen molar-refractivity contribution in [3.63, 3.8) is 0 Å². The number of fused-ring (bicyclic) bond motifs is 5. The van der Waals surface area contributed by atoms with Gasteiger partial charge in [-0.3, -0.25) is 9.88 Å². The first-order valence-electron chi connectivity index (χ1n) is 11.1. The average Bonchev–Trinajstić information content (AvgIpc) is 3.22. The second-order valence-corrected chi connectivity index (χ2v) is 8.93. The first-order chi connectivity index (χ1) is 16.2.